The van der Waals surface area contributed by atoms with Crippen LogP contribution >= 0.6 is 11.6 Å². The smallest absolute Gasteiger partial charge is 0.337 e. The Balaban J connectivity index is 2.06. The van der Waals surface area contributed by atoms with Crippen LogP contribution in [0.25, 0.3) is 5.82 Å². The van der Waals surface area contributed by atoms with E-state index in [0.717, 1.165) is 12.7 Å². The van der Waals surface area contributed by atoms with E-state index in [1.54, 1.807) is 0 Å². The Kier molecular flexibility index (Phi) is 4.96. The van der Waals surface area contributed by atoms with Crippen molar-refractivity contribution in [2.24, 2.45) is 0 Å². The number of carbonyl (C=O) groups excluding carboxylic acids is 1. The predicted molar refractivity (Wildman–Crippen MR) is 84.8 cm³/mol. The summed E-state index contributed by atoms with van der Waals surface area (Å²) in [6.45, 7) is 1.98. The lowest BCUT2D eigenvalue weighted by Crippen LogP contribution is -2.35. The first-order valence-corrected chi connectivity index (χ1v) is 8.03. The molecule has 2 aromatic heterocycles. The number of hydrogen-bond acceptors (Lipinski definition) is 4. The van der Waals surface area contributed by atoms with Crippen molar-refractivity contribution < 1.29 is 18.0 Å². The van der Waals surface area contributed by atoms with E-state index >= 15 is 0 Å². The number of carbonyl (C=O) groups is 1. The summed E-state index contributed by atoms with van der Waals surface area (Å²) >= 11 is 5.95. The fourth-order valence-corrected chi connectivity index (χ4v) is 2.89. The average Bonchev–Trinajstić information content (AvgIpc) is 2.83. The van der Waals surface area contributed by atoms with Gasteiger partial charge in [0.25, 0.3) is 5.91 Å². The highest BCUT2D eigenvalue weighted by Gasteiger charge is 2.42. The van der Waals surface area contributed by atoms with Crippen LogP contribution in [0.5, 0.6) is 0 Å². The van der Waals surface area contributed by atoms with E-state index in [0.29, 0.717) is 30.7 Å². The fraction of sp³-hybridized carbons (Fsp3) is 0.400. The standard InChI is InChI=1S/C15H15ClF3N5O/c16-11-3-1-5-21-13(11)24-12(15(17,18)19)10(9-22-24)14(25)23-7-2-4-20-6-8-23/h1,3,5,9,20H,2,4,6-8H2. The topological polar surface area (TPSA) is 63.1 Å². The molecule has 0 aliphatic carbocycles. The number of nitrogens with one attached hydrogen (secondary N) is 1. The molecule has 0 spiro atoms. The Hall–Kier alpha value is -2.13. The van der Waals surface area contributed by atoms with Crippen molar-refractivity contribution in [3.8, 4) is 5.82 Å². The van der Waals surface area contributed by atoms with Gasteiger partial charge < -0.3 is 10.2 Å². The van der Waals surface area contributed by atoms with Gasteiger partial charge in [0, 0.05) is 25.8 Å². The van der Waals surface area contributed by atoms with Crippen LogP contribution in [0.15, 0.2) is 24.5 Å². The van der Waals surface area contributed by atoms with Gasteiger partial charge in [-0.05, 0) is 25.1 Å². The molecule has 0 unspecified atom stereocenters. The van der Waals surface area contributed by atoms with Crippen LogP contribution in [0.1, 0.15) is 22.5 Å². The third kappa shape index (κ3) is 3.62. The van der Waals surface area contributed by atoms with Gasteiger partial charge in [-0.2, -0.15) is 18.3 Å². The van der Waals surface area contributed by atoms with E-state index in [1.807, 2.05) is 0 Å². The zero-order valence-corrected chi connectivity index (χ0v) is 13.8. The molecule has 134 valence electrons. The van der Waals surface area contributed by atoms with E-state index in [9.17, 15) is 18.0 Å². The fourth-order valence-electron chi connectivity index (χ4n) is 2.69. The molecule has 3 rings (SSSR count). The Morgan fingerprint density at radius 2 is 2.08 bits per heavy atom. The molecule has 1 aliphatic heterocycles. The van der Waals surface area contributed by atoms with Crippen LogP contribution in [0, 0.1) is 0 Å². The minimum absolute atomic E-state index is 0.00840. The molecule has 1 aliphatic rings. The lowest BCUT2D eigenvalue weighted by Gasteiger charge is -2.20. The van der Waals surface area contributed by atoms with E-state index in [-0.39, 0.29) is 10.8 Å². The maximum absolute atomic E-state index is 13.7. The predicted octanol–water partition coefficient (Wildman–Crippen LogP) is 2.38. The lowest BCUT2D eigenvalue weighted by atomic mass is 10.2. The van der Waals surface area contributed by atoms with E-state index in [2.05, 4.69) is 15.4 Å². The zero-order valence-electron chi connectivity index (χ0n) is 13.1. The Labute approximate surface area is 146 Å². The highest BCUT2D eigenvalue weighted by atomic mass is 35.5. The molecule has 25 heavy (non-hydrogen) atoms. The Bertz CT molecular complexity index is 769. The SMILES string of the molecule is O=C(c1cnn(-c2ncccc2Cl)c1C(F)(F)F)N1CCCNCC1. The summed E-state index contributed by atoms with van der Waals surface area (Å²) in [5.74, 6) is -0.873. The van der Waals surface area contributed by atoms with Crippen LogP contribution in [0.3, 0.4) is 0 Å². The van der Waals surface area contributed by atoms with Gasteiger partial charge in [0.2, 0.25) is 0 Å². The number of amides is 1. The molecule has 3 heterocycles. The van der Waals surface area contributed by atoms with Crippen molar-refractivity contribution >= 4 is 17.5 Å². The maximum atomic E-state index is 13.7. The van der Waals surface area contributed by atoms with Crippen molar-refractivity contribution in [2.75, 3.05) is 26.2 Å². The second-order valence-electron chi connectivity index (χ2n) is 5.52. The average molecular weight is 374 g/mol. The quantitative estimate of drug-likeness (QED) is 0.878. The van der Waals surface area contributed by atoms with E-state index < -0.39 is 23.3 Å². The van der Waals surface area contributed by atoms with Gasteiger partial charge in [0.05, 0.1) is 16.8 Å². The first kappa shape index (κ1) is 17.7. The second-order valence-corrected chi connectivity index (χ2v) is 5.93. The number of halogens is 4. The first-order valence-electron chi connectivity index (χ1n) is 7.65. The van der Waals surface area contributed by atoms with Crippen LogP contribution in [-0.4, -0.2) is 51.8 Å². The molecule has 0 atom stereocenters. The molecule has 0 saturated carbocycles. The first-order chi connectivity index (χ1) is 11.9. The highest BCUT2D eigenvalue weighted by molar-refractivity contribution is 6.32. The molecular formula is C15H15ClF3N5O. The molecule has 1 saturated heterocycles. The minimum Gasteiger partial charge on any atom is -0.337 e. The minimum atomic E-state index is -4.79. The number of hydrogen-bond donors (Lipinski definition) is 1. The normalized spacial score (nSPS) is 15.9. The van der Waals surface area contributed by atoms with Gasteiger partial charge in [-0.15, -0.1) is 0 Å². The highest BCUT2D eigenvalue weighted by Crippen LogP contribution is 2.35. The number of pyridine rings is 1. The summed E-state index contributed by atoms with van der Waals surface area (Å²) in [4.78, 5) is 17.9. The molecular weight excluding hydrogens is 359 g/mol. The van der Waals surface area contributed by atoms with Crippen LogP contribution < -0.4 is 5.32 Å². The molecule has 0 bridgehead atoms. The Morgan fingerprint density at radius 3 is 2.80 bits per heavy atom. The number of aromatic nitrogens is 3. The molecule has 0 radical (unpaired) electrons. The number of rotatable bonds is 2. The molecule has 1 N–H and O–H groups in total. The maximum Gasteiger partial charge on any atom is 0.434 e. The Morgan fingerprint density at radius 1 is 1.28 bits per heavy atom. The summed E-state index contributed by atoms with van der Waals surface area (Å²) in [6.07, 6.45) is -1.88. The third-order valence-electron chi connectivity index (χ3n) is 3.84. The van der Waals surface area contributed by atoms with E-state index in [4.69, 9.17) is 11.6 Å². The summed E-state index contributed by atoms with van der Waals surface area (Å²) in [6, 6.07) is 2.91. The van der Waals surface area contributed by atoms with Gasteiger partial charge in [-0.1, -0.05) is 11.6 Å². The molecule has 10 heteroatoms. The van der Waals surface area contributed by atoms with Gasteiger partial charge in [0.1, 0.15) is 0 Å². The zero-order chi connectivity index (χ0) is 18.0. The molecule has 6 nitrogen and oxygen atoms in total. The monoisotopic (exact) mass is 373 g/mol. The summed E-state index contributed by atoms with van der Waals surface area (Å²) in [5.41, 5.74) is -1.67. The van der Waals surface area contributed by atoms with Crippen LogP contribution in [0.4, 0.5) is 13.2 Å². The van der Waals surface area contributed by atoms with Crippen molar-refractivity contribution in [3.05, 3.63) is 40.8 Å². The second kappa shape index (κ2) is 7.01. The third-order valence-corrected chi connectivity index (χ3v) is 4.13. The van der Waals surface area contributed by atoms with Crippen molar-refractivity contribution in [3.63, 3.8) is 0 Å². The largest absolute Gasteiger partial charge is 0.434 e. The number of alkyl halides is 3. The molecule has 1 fully saturated rings. The van der Waals surface area contributed by atoms with Gasteiger partial charge in [-0.3, -0.25) is 4.79 Å². The van der Waals surface area contributed by atoms with Gasteiger partial charge in [-0.25, -0.2) is 9.67 Å². The van der Waals surface area contributed by atoms with Crippen molar-refractivity contribution in [1.29, 1.82) is 0 Å². The summed E-state index contributed by atoms with van der Waals surface area (Å²) in [7, 11) is 0. The molecule has 1 amide bonds. The van der Waals surface area contributed by atoms with Crippen LogP contribution in [-0.2, 0) is 6.18 Å². The van der Waals surface area contributed by atoms with Crippen molar-refractivity contribution in [1.82, 2.24) is 25.0 Å². The lowest BCUT2D eigenvalue weighted by molar-refractivity contribution is -0.143. The molecule has 2 aromatic rings. The van der Waals surface area contributed by atoms with E-state index in [1.165, 1.54) is 23.2 Å². The van der Waals surface area contributed by atoms with Crippen LogP contribution in [0.2, 0.25) is 5.02 Å². The number of nitrogens with zero attached hydrogens (tertiary/aromatic N) is 4. The van der Waals surface area contributed by atoms with Gasteiger partial charge >= 0.3 is 6.18 Å². The van der Waals surface area contributed by atoms with Gasteiger partial charge in [0.15, 0.2) is 11.5 Å². The summed E-state index contributed by atoms with van der Waals surface area (Å²) < 4.78 is 41.5. The van der Waals surface area contributed by atoms with Crippen molar-refractivity contribution in [2.45, 2.75) is 12.6 Å². The summed E-state index contributed by atoms with van der Waals surface area (Å²) in [5, 5.41) is 6.85. The molecule has 0 aromatic carbocycles.